The Kier molecular flexibility index (Phi) is 4.28. The molecule has 0 saturated carbocycles. The predicted octanol–water partition coefficient (Wildman–Crippen LogP) is 9.16. The lowest BCUT2D eigenvalue weighted by molar-refractivity contribution is 0.403. The van der Waals surface area contributed by atoms with Gasteiger partial charge in [-0.3, -0.25) is 4.57 Å². The third-order valence-corrected chi connectivity index (χ3v) is 8.15. The van der Waals surface area contributed by atoms with E-state index in [9.17, 15) is 0 Å². The van der Waals surface area contributed by atoms with Gasteiger partial charge < -0.3 is 9.30 Å². The summed E-state index contributed by atoms with van der Waals surface area (Å²) >= 11 is 0. The van der Waals surface area contributed by atoms with E-state index in [1.807, 2.05) is 0 Å². The predicted molar refractivity (Wildman–Crippen MR) is 156 cm³/mol. The van der Waals surface area contributed by atoms with Crippen LogP contribution in [0.15, 0.2) is 121 Å². The van der Waals surface area contributed by atoms with Crippen molar-refractivity contribution in [2.24, 2.45) is 0 Å². The molecular weight excluding hydrogens is 464 g/mol. The first-order valence-electron chi connectivity index (χ1n) is 13.1. The fraction of sp³-hybridized carbons (Fsp3) is 0.0857. The second-order valence-corrected chi connectivity index (χ2v) is 10.6. The normalized spacial score (nSPS) is 13.9. The van der Waals surface area contributed by atoms with E-state index in [-0.39, 0.29) is 5.41 Å². The zero-order chi connectivity index (χ0) is 25.4. The van der Waals surface area contributed by atoms with Crippen molar-refractivity contribution < 1.29 is 4.74 Å². The van der Waals surface area contributed by atoms with Gasteiger partial charge in [0.1, 0.15) is 0 Å². The van der Waals surface area contributed by atoms with E-state index in [1.54, 1.807) is 0 Å². The van der Waals surface area contributed by atoms with Gasteiger partial charge in [0.25, 0.3) is 0 Å². The Morgan fingerprint density at radius 1 is 0.526 bits per heavy atom. The summed E-state index contributed by atoms with van der Waals surface area (Å²) in [6, 6.07) is 43.0. The quantitative estimate of drug-likeness (QED) is 0.236. The summed E-state index contributed by atoms with van der Waals surface area (Å²) in [5, 5.41) is 3.65. The molecule has 0 saturated heterocycles. The van der Waals surface area contributed by atoms with Crippen molar-refractivity contribution in [2.45, 2.75) is 19.3 Å². The molecule has 0 spiro atoms. The van der Waals surface area contributed by atoms with Crippen molar-refractivity contribution in [1.29, 1.82) is 0 Å². The standard InChI is InChI=1S/C35H26N2O/c1-35(2)28-22-21-26-25-17-9-11-19-29(25)36(23-13-5-3-6-14-23)32(26)33(28)38-34-31(35)27-18-10-12-20-30(27)37(34)24-15-7-4-8-16-24/h3-22H,1-2H3. The van der Waals surface area contributed by atoms with Gasteiger partial charge in [0.15, 0.2) is 5.75 Å². The molecule has 38 heavy (non-hydrogen) atoms. The Morgan fingerprint density at radius 3 is 1.76 bits per heavy atom. The first-order chi connectivity index (χ1) is 18.6. The SMILES string of the molecule is CC1(C)c2ccc3c4ccccc4n(-c4ccccc4)c3c2Oc2c1c1ccccc1n2-c1ccccc1. The number of benzene rings is 5. The average Bonchev–Trinajstić information content (AvgIpc) is 3.48. The van der Waals surface area contributed by atoms with Crippen molar-refractivity contribution >= 4 is 32.7 Å². The topological polar surface area (TPSA) is 19.1 Å². The monoisotopic (exact) mass is 490 g/mol. The highest BCUT2D eigenvalue weighted by Gasteiger charge is 2.40. The highest BCUT2D eigenvalue weighted by Crippen LogP contribution is 2.55. The molecule has 3 heterocycles. The van der Waals surface area contributed by atoms with Crippen molar-refractivity contribution in [2.75, 3.05) is 0 Å². The van der Waals surface area contributed by atoms with Crippen LogP contribution in [0.25, 0.3) is 44.1 Å². The second-order valence-electron chi connectivity index (χ2n) is 10.6. The Hall–Kier alpha value is -4.76. The summed E-state index contributed by atoms with van der Waals surface area (Å²) in [5.74, 6) is 1.83. The molecule has 7 aromatic rings. The Balaban J connectivity index is 1.52. The lowest BCUT2D eigenvalue weighted by Gasteiger charge is -2.34. The lowest BCUT2D eigenvalue weighted by Crippen LogP contribution is -2.24. The van der Waals surface area contributed by atoms with Crippen LogP contribution >= 0.6 is 0 Å². The molecule has 0 bridgehead atoms. The van der Waals surface area contributed by atoms with E-state index < -0.39 is 0 Å². The Labute approximate surface area is 221 Å². The van der Waals surface area contributed by atoms with Crippen LogP contribution in [-0.4, -0.2) is 9.13 Å². The molecule has 1 aliphatic heterocycles. The molecule has 0 unspecified atom stereocenters. The van der Waals surface area contributed by atoms with Gasteiger partial charge in [-0.2, -0.15) is 0 Å². The van der Waals surface area contributed by atoms with Gasteiger partial charge in [-0.05, 0) is 36.4 Å². The number of fused-ring (bicyclic) bond motifs is 8. The van der Waals surface area contributed by atoms with E-state index in [2.05, 4.69) is 144 Å². The number of aromatic nitrogens is 2. The van der Waals surface area contributed by atoms with Gasteiger partial charge >= 0.3 is 0 Å². The van der Waals surface area contributed by atoms with E-state index in [0.717, 1.165) is 34.0 Å². The molecule has 5 aromatic carbocycles. The first-order valence-corrected chi connectivity index (χ1v) is 13.1. The first kappa shape index (κ1) is 21.3. The number of para-hydroxylation sites is 4. The largest absolute Gasteiger partial charge is 0.438 e. The zero-order valence-corrected chi connectivity index (χ0v) is 21.3. The Bertz CT molecular complexity index is 2010. The smallest absolute Gasteiger partial charge is 0.209 e. The summed E-state index contributed by atoms with van der Waals surface area (Å²) in [6.07, 6.45) is 0. The van der Waals surface area contributed by atoms with Gasteiger partial charge in [0.2, 0.25) is 5.88 Å². The molecule has 3 heteroatoms. The van der Waals surface area contributed by atoms with Crippen molar-refractivity contribution in [3.63, 3.8) is 0 Å². The summed E-state index contributed by atoms with van der Waals surface area (Å²) < 4.78 is 11.8. The summed E-state index contributed by atoms with van der Waals surface area (Å²) in [6.45, 7) is 4.66. The summed E-state index contributed by atoms with van der Waals surface area (Å²) in [4.78, 5) is 0. The summed E-state index contributed by atoms with van der Waals surface area (Å²) in [5.41, 5.74) is 7.83. The maximum atomic E-state index is 7.13. The molecule has 0 radical (unpaired) electrons. The highest BCUT2D eigenvalue weighted by molar-refractivity contribution is 6.12. The van der Waals surface area contributed by atoms with Crippen molar-refractivity contribution in [3.8, 4) is 23.0 Å². The van der Waals surface area contributed by atoms with Crippen LogP contribution in [-0.2, 0) is 5.41 Å². The van der Waals surface area contributed by atoms with Crippen LogP contribution in [0.5, 0.6) is 11.6 Å². The molecule has 0 N–H and O–H groups in total. The van der Waals surface area contributed by atoms with Gasteiger partial charge in [-0.15, -0.1) is 0 Å². The molecule has 3 nitrogen and oxygen atoms in total. The van der Waals surface area contributed by atoms with Crippen LogP contribution < -0.4 is 4.74 Å². The minimum atomic E-state index is -0.269. The van der Waals surface area contributed by atoms with E-state index in [0.29, 0.717) is 0 Å². The van der Waals surface area contributed by atoms with Gasteiger partial charge in [-0.1, -0.05) is 98.8 Å². The van der Waals surface area contributed by atoms with Crippen LogP contribution in [0.2, 0.25) is 0 Å². The minimum Gasteiger partial charge on any atom is -0.438 e. The van der Waals surface area contributed by atoms with Gasteiger partial charge in [-0.25, -0.2) is 0 Å². The van der Waals surface area contributed by atoms with Gasteiger partial charge in [0.05, 0.1) is 16.6 Å². The molecular formula is C35H26N2O. The molecule has 0 aliphatic carbocycles. The number of nitrogens with zero attached hydrogens (tertiary/aromatic N) is 2. The highest BCUT2D eigenvalue weighted by atomic mass is 16.5. The maximum absolute atomic E-state index is 7.13. The lowest BCUT2D eigenvalue weighted by atomic mass is 9.75. The molecule has 0 atom stereocenters. The molecule has 0 fully saturated rings. The van der Waals surface area contributed by atoms with Crippen molar-refractivity contribution in [3.05, 3.63) is 132 Å². The number of ether oxygens (including phenoxy) is 1. The van der Waals surface area contributed by atoms with Gasteiger partial charge in [0, 0.05) is 44.1 Å². The van der Waals surface area contributed by atoms with Crippen LogP contribution in [0.1, 0.15) is 25.0 Å². The zero-order valence-electron chi connectivity index (χ0n) is 21.3. The molecule has 182 valence electrons. The van der Waals surface area contributed by atoms with E-state index >= 15 is 0 Å². The maximum Gasteiger partial charge on any atom is 0.209 e. The number of hydrogen-bond acceptors (Lipinski definition) is 1. The van der Waals surface area contributed by atoms with E-state index in [4.69, 9.17) is 4.74 Å². The molecule has 1 aliphatic rings. The second kappa shape index (κ2) is 7.62. The fourth-order valence-electron chi connectivity index (χ4n) is 6.45. The fourth-order valence-corrected chi connectivity index (χ4v) is 6.45. The van der Waals surface area contributed by atoms with Crippen LogP contribution in [0.4, 0.5) is 0 Å². The molecule has 8 rings (SSSR count). The Morgan fingerprint density at radius 2 is 1.08 bits per heavy atom. The van der Waals surface area contributed by atoms with E-state index in [1.165, 1.54) is 32.8 Å². The van der Waals surface area contributed by atoms with Crippen molar-refractivity contribution in [1.82, 2.24) is 9.13 Å². The molecule has 0 amide bonds. The average molecular weight is 491 g/mol. The summed E-state index contributed by atoms with van der Waals surface area (Å²) in [7, 11) is 0. The number of rotatable bonds is 2. The number of hydrogen-bond donors (Lipinski definition) is 0. The van der Waals surface area contributed by atoms with Crippen LogP contribution in [0, 0.1) is 0 Å². The minimum absolute atomic E-state index is 0.269. The third kappa shape index (κ3) is 2.73. The third-order valence-electron chi connectivity index (χ3n) is 8.15. The van der Waals surface area contributed by atoms with Crippen LogP contribution in [0.3, 0.4) is 0 Å². The molecule has 2 aromatic heterocycles.